The SMILES string of the molecule is O=C1OC(CO)[C@@H](O)[C@H](O)C1(O)/N=N\OO. The molecule has 1 aliphatic heterocycles. The van der Waals surface area contributed by atoms with Crippen LogP contribution >= 0.6 is 0 Å². The van der Waals surface area contributed by atoms with Crippen molar-refractivity contribution in [3.05, 3.63) is 0 Å². The number of aliphatic hydroxyl groups excluding tert-OH is 3. The van der Waals surface area contributed by atoms with E-state index in [2.05, 4.69) is 20.1 Å². The van der Waals surface area contributed by atoms with Crippen LogP contribution in [0.1, 0.15) is 0 Å². The lowest BCUT2D eigenvalue weighted by atomic mass is 9.95. The van der Waals surface area contributed by atoms with Gasteiger partial charge in [-0.3, -0.25) is 0 Å². The Bertz CT molecular complexity index is 296. The third kappa shape index (κ3) is 1.96. The van der Waals surface area contributed by atoms with Crippen LogP contribution in [0.2, 0.25) is 0 Å². The molecule has 1 heterocycles. The minimum Gasteiger partial charge on any atom is -0.453 e. The van der Waals surface area contributed by atoms with Gasteiger partial charge in [-0.2, -0.15) is 5.26 Å². The maximum absolute atomic E-state index is 11.2. The first-order valence-electron chi connectivity index (χ1n) is 4.10. The maximum atomic E-state index is 11.2. The topological polar surface area (TPSA) is 161 Å². The van der Waals surface area contributed by atoms with E-state index in [1.807, 2.05) is 0 Å². The van der Waals surface area contributed by atoms with Crippen molar-refractivity contribution in [3.8, 4) is 0 Å². The average Bonchev–Trinajstić information content (AvgIpc) is 2.29. The molecule has 1 rings (SSSR count). The van der Waals surface area contributed by atoms with Crippen molar-refractivity contribution < 1.29 is 40.2 Å². The Balaban J connectivity index is 2.95. The zero-order valence-electron chi connectivity index (χ0n) is 7.79. The molecule has 10 nitrogen and oxygen atoms in total. The standard InChI is InChI=1S/C6H10N2O8/c9-1-2-3(10)4(11)6(13,5(12)15-2)7-8-16-14/h2-4,9-11,13-14H,1H2/b8-7-/t2?,3-,4+,6?/m1/s1. The van der Waals surface area contributed by atoms with Crippen LogP contribution in [0.15, 0.2) is 10.4 Å². The molecule has 92 valence electrons. The molecule has 0 aromatic heterocycles. The number of rotatable bonds is 3. The van der Waals surface area contributed by atoms with Crippen LogP contribution in [0.3, 0.4) is 0 Å². The zero-order valence-corrected chi connectivity index (χ0v) is 7.79. The van der Waals surface area contributed by atoms with Gasteiger partial charge in [0.15, 0.2) is 6.10 Å². The molecule has 0 saturated carbocycles. The Hall–Kier alpha value is -1.33. The number of aliphatic hydroxyl groups is 4. The number of carbonyl (C=O) groups is 1. The molecule has 16 heavy (non-hydrogen) atoms. The van der Waals surface area contributed by atoms with E-state index in [0.29, 0.717) is 0 Å². The Morgan fingerprint density at radius 3 is 2.62 bits per heavy atom. The normalized spacial score (nSPS) is 39.8. The van der Waals surface area contributed by atoms with Gasteiger partial charge in [0, 0.05) is 0 Å². The summed E-state index contributed by atoms with van der Waals surface area (Å²) in [5, 5.41) is 50.0. The van der Waals surface area contributed by atoms with Crippen molar-refractivity contribution in [2.75, 3.05) is 6.61 Å². The highest BCUT2D eigenvalue weighted by molar-refractivity contribution is 5.81. The summed E-state index contributed by atoms with van der Waals surface area (Å²) < 4.78 is 4.39. The second-order valence-electron chi connectivity index (χ2n) is 3.05. The second kappa shape index (κ2) is 4.67. The summed E-state index contributed by atoms with van der Waals surface area (Å²) in [7, 11) is 0. The fraction of sp³-hybridized carbons (Fsp3) is 0.833. The summed E-state index contributed by atoms with van der Waals surface area (Å²) in [5.41, 5.74) is -2.90. The van der Waals surface area contributed by atoms with Crippen molar-refractivity contribution in [2.45, 2.75) is 24.0 Å². The smallest absolute Gasteiger partial charge is 0.366 e. The summed E-state index contributed by atoms with van der Waals surface area (Å²) in [6.07, 6.45) is -5.22. The van der Waals surface area contributed by atoms with Gasteiger partial charge in [0.1, 0.15) is 12.2 Å². The first kappa shape index (κ1) is 12.7. The van der Waals surface area contributed by atoms with E-state index >= 15 is 0 Å². The molecule has 0 aromatic rings. The monoisotopic (exact) mass is 238 g/mol. The Labute approximate surface area is 88.2 Å². The third-order valence-electron chi connectivity index (χ3n) is 2.09. The summed E-state index contributed by atoms with van der Waals surface area (Å²) in [5.74, 6) is -1.44. The lowest BCUT2D eigenvalue weighted by molar-refractivity contribution is -0.265. The van der Waals surface area contributed by atoms with E-state index in [4.69, 9.17) is 10.4 Å². The molecular formula is C6H10N2O8. The van der Waals surface area contributed by atoms with Crippen molar-refractivity contribution in [1.82, 2.24) is 0 Å². The van der Waals surface area contributed by atoms with E-state index in [1.54, 1.807) is 0 Å². The van der Waals surface area contributed by atoms with E-state index in [1.165, 1.54) is 0 Å². The zero-order chi connectivity index (χ0) is 12.3. The van der Waals surface area contributed by atoms with Crippen LogP contribution in [0, 0.1) is 0 Å². The highest BCUT2D eigenvalue weighted by Gasteiger charge is 2.56. The average molecular weight is 238 g/mol. The molecule has 0 bridgehead atoms. The van der Waals surface area contributed by atoms with Gasteiger partial charge in [0.05, 0.1) is 11.9 Å². The molecule has 0 radical (unpaired) electrons. The van der Waals surface area contributed by atoms with Crippen molar-refractivity contribution >= 4 is 5.97 Å². The lowest BCUT2D eigenvalue weighted by Crippen LogP contribution is -2.63. The van der Waals surface area contributed by atoms with Crippen LogP contribution in [0.5, 0.6) is 0 Å². The minimum absolute atomic E-state index is 0.742. The van der Waals surface area contributed by atoms with Crippen LogP contribution in [0.25, 0.3) is 0 Å². The number of ether oxygens (including phenoxy) is 1. The van der Waals surface area contributed by atoms with Crippen LogP contribution in [0.4, 0.5) is 0 Å². The fourth-order valence-electron chi connectivity index (χ4n) is 1.18. The second-order valence-corrected chi connectivity index (χ2v) is 3.05. The molecule has 0 aromatic carbocycles. The molecule has 0 aliphatic carbocycles. The number of hydrogen-bond donors (Lipinski definition) is 5. The van der Waals surface area contributed by atoms with E-state index in [9.17, 15) is 20.1 Å². The van der Waals surface area contributed by atoms with Gasteiger partial charge in [-0.25, -0.2) is 9.78 Å². The first-order chi connectivity index (χ1) is 7.47. The number of hydrogen-bond acceptors (Lipinski definition) is 10. The van der Waals surface area contributed by atoms with E-state index < -0.39 is 36.6 Å². The molecule has 1 fully saturated rings. The number of cyclic esters (lactones) is 1. The molecule has 1 aliphatic rings. The van der Waals surface area contributed by atoms with Crippen LogP contribution < -0.4 is 0 Å². The van der Waals surface area contributed by atoms with Gasteiger partial charge in [-0.15, -0.1) is 0 Å². The highest BCUT2D eigenvalue weighted by atomic mass is 17.2. The predicted molar refractivity (Wildman–Crippen MR) is 42.5 cm³/mol. The van der Waals surface area contributed by atoms with Gasteiger partial charge in [0.2, 0.25) is 0 Å². The third-order valence-corrected chi connectivity index (χ3v) is 2.09. The lowest BCUT2D eigenvalue weighted by Gasteiger charge is -2.37. The summed E-state index contributed by atoms with van der Waals surface area (Å²) in [6.45, 7) is -0.742. The molecule has 0 spiro atoms. The molecule has 5 N–H and O–H groups in total. The molecule has 2 unspecified atom stereocenters. The summed E-state index contributed by atoms with van der Waals surface area (Å²) in [6, 6.07) is 0. The maximum Gasteiger partial charge on any atom is 0.366 e. The fourth-order valence-corrected chi connectivity index (χ4v) is 1.18. The van der Waals surface area contributed by atoms with Crippen LogP contribution in [-0.4, -0.2) is 62.3 Å². The van der Waals surface area contributed by atoms with Gasteiger partial charge >= 0.3 is 11.7 Å². The predicted octanol–water partition coefficient (Wildman–Crippen LogP) is -2.83. The number of esters is 1. The molecule has 10 heteroatoms. The largest absolute Gasteiger partial charge is 0.453 e. The number of carbonyl (C=O) groups excluding carboxylic acids is 1. The van der Waals surface area contributed by atoms with Gasteiger partial charge in [-0.05, 0) is 0 Å². The quantitative estimate of drug-likeness (QED) is 0.152. The van der Waals surface area contributed by atoms with E-state index in [0.717, 1.165) is 0 Å². The molecular weight excluding hydrogens is 228 g/mol. The first-order valence-corrected chi connectivity index (χ1v) is 4.10. The molecule has 0 amide bonds. The molecule has 1 saturated heterocycles. The Morgan fingerprint density at radius 1 is 1.50 bits per heavy atom. The van der Waals surface area contributed by atoms with Gasteiger partial charge < -0.3 is 25.2 Å². The van der Waals surface area contributed by atoms with Crippen LogP contribution in [-0.2, 0) is 14.5 Å². The molecule has 4 atom stereocenters. The van der Waals surface area contributed by atoms with Crippen molar-refractivity contribution in [1.29, 1.82) is 0 Å². The minimum atomic E-state index is -2.90. The van der Waals surface area contributed by atoms with Gasteiger partial charge in [0.25, 0.3) is 0 Å². The van der Waals surface area contributed by atoms with Crippen molar-refractivity contribution in [3.63, 3.8) is 0 Å². The Morgan fingerprint density at radius 2 is 2.12 bits per heavy atom. The van der Waals surface area contributed by atoms with Crippen molar-refractivity contribution in [2.24, 2.45) is 10.4 Å². The summed E-state index contributed by atoms with van der Waals surface area (Å²) >= 11 is 0. The van der Waals surface area contributed by atoms with Gasteiger partial charge in [-0.1, -0.05) is 5.11 Å². The van der Waals surface area contributed by atoms with E-state index in [-0.39, 0.29) is 0 Å². The number of nitrogens with zero attached hydrogens (tertiary/aromatic N) is 2. The Kier molecular flexibility index (Phi) is 3.72. The highest BCUT2D eigenvalue weighted by Crippen LogP contribution is 2.27. The summed E-state index contributed by atoms with van der Waals surface area (Å²) in [4.78, 5) is 14.3.